The summed E-state index contributed by atoms with van der Waals surface area (Å²) in [4.78, 5) is 25.4. The number of likely N-dealkylation sites (N-methyl/N-ethyl adjacent to an activating group) is 1. The zero-order valence-corrected chi connectivity index (χ0v) is 12.5. The molecule has 0 heterocycles. The molecule has 0 saturated carbocycles. The average molecular weight is 258 g/mol. The summed E-state index contributed by atoms with van der Waals surface area (Å²) in [6.45, 7) is 9.44. The first kappa shape index (κ1) is 16.9. The average Bonchev–Trinajstić information content (AvgIpc) is 2.09. The lowest BCUT2D eigenvalue weighted by Gasteiger charge is -2.26. The van der Waals surface area contributed by atoms with Gasteiger partial charge in [-0.3, -0.25) is 4.79 Å². The van der Waals surface area contributed by atoms with Gasteiger partial charge >= 0.3 is 5.97 Å². The van der Waals surface area contributed by atoms with Crippen LogP contribution in [0.25, 0.3) is 0 Å². The predicted octanol–water partition coefficient (Wildman–Crippen LogP) is 1.03. The number of nitrogens with zero attached hydrogens (tertiary/aromatic N) is 1. The van der Waals surface area contributed by atoms with Gasteiger partial charge in [0.05, 0.1) is 6.54 Å². The summed E-state index contributed by atoms with van der Waals surface area (Å²) in [7, 11) is 3.61. The Morgan fingerprint density at radius 2 is 1.72 bits per heavy atom. The number of carbonyl (C=O) groups is 2. The first-order chi connectivity index (χ1) is 8.03. The van der Waals surface area contributed by atoms with Gasteiger partial charge in [-0.1, -0.05) is 13.8 Å². The smallest absolute Gasteiger partial charge is 0.329 e. The molecule has 0 aromatic carbocycles. The summed E-state index contributed by atoms with van der Waals surface area (Å²) >= 11 is 0. The van der Waals surface area contributed by atoms with Crippen LogP contribution in [0.15, 0.2) is 0 Å². The van der Waals surface area contributed by atoms with Gasteiger partial charge in [0.1, 0.15) is 11.6 Å². The lowest BCUT2D eigenvalue weighted by atomic mass is 10.0. The molecular weight excluding hydrogens is 232 g/mol. The van der Waals surface area contributed by atoms with Gasteiger partial charge in [-0.25, -0.2) is 4.79 Å². The van der Waals surface area contributed by atoms with E-state index in [1.807, 2.05) is 34.6 Å². The molecule has 1 atom stereocenters. The summed E-state index contributed by atoms with van der Waals surface area (Å²) in [5.74, 6) is -0.569. The predicted molar refractivity (Wildman–Crippen MR) is 71.2 cm³/mol. The summed E-state index contributed by atoms with van der Waals surface area (Å²) in [6.07, 6.45) is 0. The van der Waals surface area contributed by atoms with Crippen molar-refractivity contribution in [1.29, 1.82) is 0 Å². The second kappa shape index (κ2) is 6.73. The molecule has 5 heteroatoms. The fraction of sp³-hybridized carbons (Fsp3) is 0.846. The zero-order valence-electron chi connectivity index (χ0n) is 12.5. The first-order valence-electron chi connectivity index (χ1n) is 6.20. The third kappa shape index (κ3) is 7.27. The molecule has 0 aliphatic heterocycles. The van der Waals surface area contributed by atoms with Crippen LogP contribution in [0.4, 0.5) is 0 Å². The molecule has 0 aliphatic rings. The second-order valence-corrected chi connectivity index (χ2v) is 6.06. The van der Waals surface area contributed by atoms with Gasteiger partial charge in [0, 0.05) is 0 Å². The highest BCUT2D eigenvalue weighted by atomic mass is 16.6. The van der Waals surface area contributed by atoms with Crippen LogP contribution in [0.3, 0.4) is 0 Å². The van der Waals surface area contributed by atoms with E-state index in [1.54, 1.807) is 19.0 Å². The van der Waals surface area contributed by atoms with Crippen LogP contribution in [-0.4, -0.2) is 49.1 Å². The lowest BCUT2D eigenvalue weighted by molar-refractivity contribution is -0.160. The van der Waals surface area contributed by atoms with Gasteiger partial charge in [0.2, 0.25) is 5.91 Å². The fourth-order valence-corrected chi connectivity index (χ4v) is 1.37. The van der Waals surface area contributed by atoms with E-state index in [0.29, 0.717) is 0 Å². The van der Waals surface area contributed by atoms with Crippen molar-refractivity contribution in [2.75, 3.05) is 20.6 Å². The minimum absolute atomic E-state index is 0.00837. The molecule has 1 N–H and O–H groups in total. The monoisotopic (exact) mass is 258 g/mol. The van der Waals surface area contributed by atoms with Crippen molar-refractivity contribution in [3.8, 4) is 0 Å². The zero-order chi connectivity index (χ0) is 14.5. The number of hydrogen-bond donors (Lipinski definition) is 1. The molecule has 0 saturated heterocycles. The van der Waals surface area contributed by atoms with Crippen LogP contribution in [0.1, 0.15) is 34.6 Å². The van der Waals surface area contributed by atoms with Gasteiger partial charge in [-0.15, -0.1) is 0 Å². The molecule has 18 heavy (non-hydrogen) atoms. The highest BCUT2D eigenvalue weighted by Gasteiger charge is 2.29. The van der Waals surface area contributed by atoms with E-state index >= 15 is 0 Å². The Morgan fingerprint density at radius 1 is 1.22 bits per heavy atom. The number of amides is 1. The van der Waals surface area contributed by atoms with Crippen molar-refractivity contribution in [2.24, 2.45) is 5.92 Å². The van der Waals surface area contributed by atoms with Gasteiger partial charge < -0.3 is 15.0 Å². The van der Waals surface area contributed by atoms with Crippen LogP contribution in [0.5, 0.6) is 0 Å². The lowest BCUT2D eigenvalue weighted by Crippen LogP contribution is -2.49. The van der Waals surface area contributed by atoms with E-state index in [9.17, 15) is 9.59 Å². The Labute approximate surface area is 110 Å². The summed E-state index contributed by atoms with van der Waals surface area (Å²) in [6, 6.07) is -0.600. The normalized spacial score (nSPS) is 13.6. The van der Waals surface area contributed by atoms with Crippen LogP contribution < -0.4 is 5.32 Å². The Hall–Kier alpha value is -1.10. The van der Waals surface area contributed by atoms with E-state index in [4.69, 9.17) is 4.74 Å². The number of hydrogen-bond acceptors (Lipinski definition) is 4. The highest BCUT2D eigenvalue weighted by Crippen LogP contribution is 2.12. The van der Waals surface area contributed by atoms with Crippen molar-refractivity contribution in [3.63, 3.8) is 0 Å². The molecular formula is C13H26N2O3. The van der Waals surface area contributed by atoms with Gasteiger partial charge in [-0.05, 0) is 40.8 Å². The van der Waals surface area contributed by atoms with E-state index in [1.165, 1.54) is 0 Å². The number of esters is 1. The number of ether oxygens (including phenoxy) is 1. The van der Waals surface area contributed by atoms with Crippen molar-refractivity contribution in [1.82, 2.24) is 10.2 Å². The molecule has 1 amide bonds. The molecule has 0 rings (SSSR count). The molecule has 0 aliphatic carbocycles. The highest BCUT2D eigenvalue weighted by molar-refractivity contribution is 5.85. The maximum Gasteiger partial charge on any atom is 0.329 e. The number of rotatable bonds is 5. The minimum Gasteiger partial charge on any atom is -0.458 e. The second-order valence-electron chi connectivity index (χ2n) is 6.06. The topological polar surface area (TPSA) is 58.6 Å². The number of carbonyl (C=O) groups excluding carboxylic acids is 2. The molecule has 0 unspecified atom stereocenters. The third-order valence-corrected chi connectivity index (χ3v) is 2.10. The fourth-order valence-electron chi connectivity index (χ4n) is 1.37. The summed E-state index contributed by atoms with van der Waals surface area (Å²) in [5.41, 5.74) is -0.545. The van der Waals surface area contributed by atoms with Crippen molar-refractivity contribution < 1.29 is 14.3 Å². The largest absolute Gasteiger partial charge is 0.458 e. The van der Waals surface area contributed by atoms with Crippen molar-refractivity contribution >= 4 is 11.9 Å². The molecule has 0 aromatic rings. The minimum atomic E-state index is -0.600. The van der Waals surface area contributed by atoms with Crippen molar-refractivity contribution in [2.45, 2.75) is 46.3 Å². The maximum absolute atomic E-state index is 12.0. The Bertz CT molecular complexity index is 293. The Kier molecular flexibility index (Phi) is 6.32. The molecule has 0 aromatic heterocycles. The molecule has 0 spiro atoms. The number of nitrogens with one attached hydrogen (secondary N) is 1. The first-order valence-corrected chi connectivity index (χ1v) is 6.20. The Morgan fingerprint density at radius 3 is 2.06 bits per heavy atom. The maximum atomic E-state index is 12.0. The van der Waals surface area contributed by atoms with Gasteiger partial charge in [0.25, 0.3) is 0 Å². The van der Waals surface area contributed by atoms with E-state index in [2.05, 4.69) is 5.32 Å². The molecule has 0 fully saturated rings. The van der Waals surface area contributed by atoms with Crippen LogP contribution in [-0.2, 0) is 14.3 Å². The molecule has 106 valence electrons. The van der Waals surface area contributed by atoms with Crippen LogP contribution in [0, 0.1) is 5.92 Å². The van der Waals surface area contributed by atoms with Crippen LogP contribution in [0.2, 0.25) is 0 Å². The van der Waals surface area contributed by atoms with Crippen molar-refractivity contribution in [3.05, 3.63) is 0 Å². The van der Waals surface area contributed by atoms with E-state index in [-0.39, 0.29) is 24.3 Å². The van der Waals surface area contributed by atoms with Crippen LogP contribution >= 0.6 is 0 Å². The van der Waals surface area contributed by atoms with E-state index < -0.39 is 11.6 Å². The van der Waals surface area contributed by atoms with Gasteiger partial charge in [-0.2, -0.15) is 0 Å². The molecule has 0 radical (unpaired) electrons. The standard InChI is InChI=1S/C13H26N2O3/c1-9(2)11(12(17)18-13(3,4)5)14-10(16)8-15(6)7/h9,11H,8H2,1-7H3,(H,14,16)/t11-/m0/s1. The molecule has 5 nitrogen and oxygen atoms in total. The van der Waals surface area contributed by atoms with E-state index in [0.717, 1.165) is 0 Å². The summed E-state index contributed by atoms with van der Waals surface area (Å²) < 4.78 is 5.30. The quantitative estimate of drug-likeness (QED) is 0.748. The third-order valence-electron chi connectivity index (χ3n) is 2.10. The Balaban J connectivity index is 4.58. The SMILES string of the molecule is CC(C)[C@H](NC(=O)CN(C)C)C(=O)OC(C)(C)C. The van der Waals surface area contributed by atoms with Gasteiger partial charge in [0.15, 0.2) is 0 Å². The summed E-state index contributed by atoms with van der Waals surface area (Å²) in [5, 5.41) is 2.72. The molecule has 0 bridgehead atoms.